The van der Waals surface area contributed by atoms with Crippen LogP contribution in [-0.4, -0.2) is 32.3 Å². The number of rotatable bonds is 11. The zero-order chi connectivity index (χ0) is 45.3. The molecule has 6 heteroatoms. The molecule has 0 saturated heterocycles. The lowest BCUT2D eigenvalue weighted by atomic mass is 9.89. The van der Waals surface area contributed by atoms with E-state index in [0.717, 1.165) is 5.69 Å². The van der Waals surface area contributed by atoms with Crippen molar-refractivity contribution in [3.05, 3.63) is 170 Å². The van der Waals surface area contributed by atoms with Crippen LogP contribution in [0.2, 0.25) is 78.6 Å². The van der Waals surface area contributed by atoms with Gasteiger partial charge in [-0.05, 0) is 105 Å². The number of hydrogen-bond acceptors (Lipinski definition) is 2. The highest BCUT2D eigenvalue weighted by atomic mass is 28.3. The summed E-state index contributed by atoms with van der Waals surface area (Å²) in [5.41, 5.74) is 9.57. The van der Waals surface area contributed by atoms with Crippen molar-refractivity contribution in [2.24, 2.45) is 0 Å². The van der Waals surface area contributed by atoms with Crippen LogP contribution in [0.5, 0.6) is 0 Å². The fraction of sp³-hybridized carbons (Fsp3) is 0.207. The maximum Gasteiger partial charge on any atom is 0.0775 e. The van der Waals surface area contributed by atoms with Gasteiger partial charge in [-0.25, -0.2) is 0 Å². The van der Waals surface area contributed by atoms with Gasteiger partial charge < -0.3 is 9.80 Å². The molecule has 0 fully saturated rings. The number of nitrogens with zero attached hydrogens (tertiary/aromatic N) is 2. The van der Waals surface area contributed by atoms with Gasteiger partial charge in [-0.2, -0.15) is 0 Å². The summed E-state index contributed by atoms with van der Waals surface area (Å²) in [6.07, 6.45) is 0. The Kier molecular flexibility index (Phi) is 11.1. The van der Waals surface area contributed by atoms with Gasteiger partial charge in [0.15, 0.2) is 0 Å². The predicted octanol–water partition coefficient (Wildman–Crippen LogP) is 15.4. The van der Waals surface area contributed by atoms with E-state index in [1.54, 1.807) is 0 Å². The van der Waals surface area contributed by atoms with Crippen molar-refractivity contribution in [1.82, 2.24) is 0 Å². The lowest BCUT2D eigenvalue weighted by Gasteiger charge is -2.29. The molecule has 9 aromatic carbocycles. The molecule has 9 aromatic rings. The van der Waals surface area contributed by atoms with E-state index in [2.05, 4.69) is 258 Å². The van der Waals surface area contributed by atoms with E-state index in [1.165, 1.54) is 92.6 Å². The highest BCUT2D eigenvalue weighted by molar-refractivity contribution is 6.90. The monoisotopic (exact) mass is 900 g/mol. The van der Waals surface area contributed by atoms with Crippen molar-refractivity contribution < 1.29 is 0 Å². The lowest BCUT2D eigenvalue weighted by Crippen LogP contribution is -2.37. The van der Waals surface area contributed by atoms with Crippen LogP contribution in [0.1, 0.15) is 0 Å². The van der Waals surface area contributed by atoms with E-state index < -0.39 is 32.3 Å². The first-order valence-electron chi connectivity index (χ1n) is 23.1. The molecule has 0 saturated carbocycles. The zero-order valence-corrected chi connectivity index (χ0v) is 44.1. The summed E-state index contributed by atoms with van der Waals surface area (Å²) >= 11 is 0. The number of hydrogen-bond donors (Lipinski definition) is 0. The van der Waals surface area contributed by atoms with Gasteiger partial charge in [0.05, 0.1) is 38.0 Å². The van der Waals surface area contributed by atoms with Crippen LogP contribution in [-0.2, 0) is 0 Å². The summed E-state index contributed by atoms with van der Waals surface area (Å²) < 4.78 is 0. The van der Waals surface area contributed by atoms with Gasteiger partial charge >= 0.3 is 0 Å². The van der Waals surface area contributed by atoms with Gasteiger partial charge in [-0.15, -0.1) is 0 Å². The summed E-state index contributed by atoms with van der Waals surface area (Å²) in [7, 11) is -5.82. The fourth-order valence-electron chi connectivity index (χ4n) is 9.34. The Hall–Kier alpha value is -5.51. The van der Waals surface area contributed by atoms with Crippen LogP contribution in [0.25, 0.3) is 43.4 Å². The Bertz CT molecular complexity index is 2980. The van der Waals surface area contributed by atoms with Crippen LogP contribution in [0.3, 0.4) is 0 Å². The summed E-state index contributed by atoms with van der Waals surface area (Å²) in [6.45, 7) is 29.1. The van der Waals surface area contributed by atoms with E-state index in [0.29, 0.717) is 0 Å². The molecule has 0 spiro atoms. The van der Waals surface area contributed by atoms with E-state index in [9.17, 15) is 0 Å². The minimum atomic E-state index is -1.47. The van der Waals surface area contributed by atoms with E-state index in [-0.39, 0.29) is 0 Å². The van der Waals surface area contributed by atoms with Gasteiger partial charge in [-0.3, -0.25) is 0 Å². The first kappa shape index (κ1) is 43.7. The second kappa shape index (κ2) is 16.2. The second-order valence-corrected chi connectivity index (χ2v) is 42.3. The fourth-order valence-corrected chi connectivity index (χ4v) is 14.0. The Morgan fingerprint density at radius 2 is 0.562 bits per heavy atom. The molecule has 0 aliphatic carbocycles. The maximum absolute atomic E-state index is 2.48. The first-order valence-corrected chi connectivity index (χ1v) is 37.1. The molecule has 0 N–H and O–H groups in total. The molecule has 322 valence electrons. The Balaban J connectivity index is 1.16. The lowest BCUT2D eigenvalue weighted by molar-refractivity contribution is 1.29. The highest BCUT2D eigenvalue weighted by Gasteiger charge is 2.24. The summed E-state index contributed by atoms with van der Waals surface area (Å²) in [5.74, 6) is 0. The Morgan fingerprint density at radius 1 is 0.266 bits per heavy atom. The Morgan fingerprint density at radius 3 is 0.938 bits per heavy atom. The maximum atomic E-state index is 2.48. The van der Waals surface area contributed by atoms with Gasteiger partial charge in [-0.1, -0.05) is 202 Å². The molecule has 9 rings (SSSR count). The third-order valence-electron chi connectivity index (χ3n) is 13.3. The highest BCUT2D eigenvalue weighted by Crippen LogP contribution is 2.46. The Labute approximate surface area is 386 Å². The third kappa shape index (κ3) is 8.33. The third-order valence-corrected chi connectivity index (χ3v) is 21.5. The van der Waals surface area contributed by atoms with Crippen molar-refractivity contribution in [2.75, 3.05) is 9.80 Å². The summed E-state index contributed by atoms with van der Waals surface area (Å²) in [6, 6.07) is 65.4. The number of anilines is 6. The zero-order valence-electron chi connectivity index (χ0n) is 40.1. The topological polar surface area (TPSA) is 6.48 Å². The van der Waals surface area contributed by atoms with E-state index >= 15 is 0 Å². The van der Waals surface area contributed by atoms with Crippen molar-refractivity contribution in [2.45, 2.75) is 78.6 Å². The summed E-state index contributed by atoms with van der Waals surface area (Å²) in [4.78, 5) is 4.90. The molecule has 0 unspecified atom stereocenters. The second-order valence-electron chi connectivity index (χ2n) is 22.0. The van der Waals surface area contributed by atoms with Crippen molar-refractivity contribution >= 4 is 119 Å². The van der Waals surface area contributed by atoms with Crippen molar-refractivity contribution in [1.29, 1.82) is 0 Å². The minimum Gasteiger partial charge on any atom is -0.311 e. The largest absolute Gasteiger partial charge is 0.311 e. The smallest absolute Gasteiger partial charge is 0.0775 e. The predicted molar refractivity (Wildman–Crippen MR) is 297 cm³/mol. The van der Waals surface area contributed by atoms with E-state index in [4.69, 9.17) is 0 Å². The molecular formula is C58H64N2Si4. The standard InChI is InChI=1S/C58H64N2Si4/c1-61(2,3)49-29-21-45(22-30-49)59(46-23-31-50(32-24-46)62(4,5)6)44-19-13-41(14-20-44)53-37-15-42-17-39-55-56(40-18-43-16-38-54(53)57(42)58(43)55)60(47-25-33-51(34-26-47)63(7,8)9)48-27-35-52(36-28-48)64(10,11)12/h13-40H,1-12H3. The van der Waals surface area contributed by atoms with Crippen molar-refractivity contribution in [3.8, 4) is 11.1 Å². The van der Waals surface area contributed by atoms with Gasteiger partial charge in [0.25, 0.3) is 0 Å². The molecule has 0 atom stereocenters. The normalized spacial score (nSPS) is 12.7. The SMILES string of the molecule is C[Si](C)(C)c1ccc(N(c2ccc(-c3ccc4ccc5c(N(c6ccc([Si](C)(C)C)cc6)c6ccc([Si](C)(C)C)cc6)ccc6ccc3c4c65)cc2)c2ccc([Si](C)(C)C)cc2)cc1. The molecule has 0 aliphatic heterocycles. The molecule has 0 aromatic heterocycles. The number of benzene rings is 9. The molecule has 0 radical (unpaired) electrons. The molecule has 64 heavy (non-hydrogen) atoms. The average molecular weight is 902 g/mol. The van der Waals surface area contributed by atoms with Gasteiger partial charge in [0.2, 0.25) is 0 Å². The molecule has 2 nitrogen and oxygen atoms in total. The summed E-state index contributed by atoms with van der Waals surface area (Å²) in [5, 5.41) is 13.6. The molecule has 0 aliphatic rings. The van der Waals surface area contributed by atoms with Crippen LogP contribution >= 0.6 is 0 Å². The molecule has 0 bridgehead atoms. The first-order chi connectivity index (χ1) is 30.3. The minimum absolute atomic E-state index is 1.16. The van der Waals surface area contributed by atoms with Gasteiger partial charge in [0.1, 0.15) is 0 Å². The molecule has 0 amide bonds. The van der Waals surface area contributed by atoms with Crippen LogP contribution < -0.4 is 30.5 Å². The van der Waals surface area contributed by atoms with Crippen LogP contribution in [0.4, 0.5) is 34.1 Å². The van der Waals surface area contributed by atoms with Crippen LogP contribution in [0, 0.1) is 0 Å². The van der Waals surface area contributed by atoms with Crippen LogP contribution in [0.15, 0.2) is 170 Å². The van der Waals surface area contributed by atoms with Crippen molar-refractivity contribution in [3.63, 3.8) is 0 Å². The van der Waals surface area contributed by atoms with Gasteiger partial charge in [0, 0.05) is 33.8 Å². The molecular weight excluding hydrogens is 837 g/mol. The quantitative estimate of drug-likeness (QED) is 0.0943. The van der Waals surface area contributed by atoms with E-state index in [1.807, 2.05) is 0 Å². The molecule has 0 heterocycles. The average Bonchev–Trinajstić information content (AvgIpc) is 3.26.